The summed E-state index contributed by atoms with van der Waals surface area (Å²) in [6, 6.07) is 11.3. The molecule has 6 heteroatoms. The van der Waals surface area contributed by atoms with E-state index in [9.17, 15) is 9.59 Å². The van der Waals surface area contributed by atoms with E-state index in [-0.39, 0.29) is 11.2 Å². The average molecular weight is 354 g/mol. The number of carbonyl (C=O) groups is 1. The summed E-state index contributed by atoms with van der Waals surface area (Å²) in [6.07, 6.45) is 1.26. The normalized spacial score (nSPS) is 10.5. The van der Waals surface area contributed by atoms with Crippen molar-refractivity contribution in [3.8, 4) is 17.2 Å². The molecule has 0 aliphatic rings. The van der Waals surface area contributed by atoms with Gasteiger partial charge in [-0.2, -0.15) is 0 Å². The van der Waals surface area contributed by atoms with E-state index in [0.29, 0.717) is 41.2 Å². The van der Waals surface area contributed by atoms with Crippen molar-refractivity contribution in [2.75, 3.05) is 13.2 Å². The second kappa shape index (κ2) is 7.74. The molecule has 0 amide bonds. The highest BCUT2D eigenvalue weighted by Gasteiger charge is 2.11. The van der Waals surface area contributed by atoms with Gasteiger partial charge in [-0.25, -0.2) is 4.79 Å². The van der Waals surface area contributed by atoms with Gasteiger partial charge in [-0.1, -0.05) is 0 Å². The molecule has 0 saturated carbocycles. The highest BCUT2D eigenvalue weighted by Crippen LogP contribution is 2.24. The summed E-state index contributed by atoms with van der Waals surface area (Å²) < 4.78 is 21.4. The maximum Gasteiger partial charge on any atom is 0.338 e. The zero-order chi connectivity index (χ0) is 18.5. The first-order valence-electron chi connectivity index (χ1n) is 8.25. The minimum absolute atomic E-state index is 0.0607. The molecule has 0 aliphatic carbocycles. The van der Waals surface area contributed by atoms with Crippen molar-refractivity contribution in [1.82, 2.24) is 0 Å². The molecular weight excluding hydrogens is 336 g/mol. The Bertz CT molecular complexity index is 972. The van der Waals surface area contributed by atoms with Crippen molar-refractivity contribution in [3.05, 3.63) is 64.5 Å². The lowest BCUT2D eigenvalue weighted by Crippen LogP contribution is -2.06. The zero-order valence-corrected chi connectivity index (χ0v) is 14.5. The summed E-state index contributed by atoms with van der Waals surface area (Å²) in [7, 11) is 0. The third kappa shape index (κ3) is 3.69. The molecule has 0 fully saturated rings. The van der Waals surface area contributed by atoms with Crippen LogP contribution in [0.4, 0.5) is 0 Å². The van der Waals surface area contributed by atoms with Crippen molar-refractivity contribution >= 4 is 16.9 Å². The van der Waals surface area contributed by atoms with Gasteiger partial charge < -0.3 is 18.6 Å². The molecule has 0 atom stereocenters. The van der Waals surface area contributed by atoms with Gasteiger partial charge in [0.05, 0.1) is 24.2 Å². The monoisotopic (exact) mass is 354 g/mol. The average Bonchev–Trinajstić information content (AvgIpc) is 2.65. The third-order valence-electron chi connectivity index (χ3n) is 3.62. The number of esters is 1. The van der Waals surface area contributed by atoms with Gasteiger partial charge in [0.1, 0.15) is 23.3 Å². The highest BCUT2D eigenvalue weighted by atomic mass is 16.5. The Labute approximate surface area is 149 Å². The SMILES string of the molecule is CCOC(=O)c1ccc(Oc2coc3cc(OCC)ccc3c2=O)cc1. The molecule has 3 aromatic rings. The van der Waals surface area contributed by atoms with Gasteiger partial charge in [-0.05, 0) is 50.2 Å². The number of rotatable bonds is 6. The van der Waals surface area contributed by atoms with E-state index < -0.39 is 5.97 Å². The Morgan fingerprint density at radius 2 is 1.73 bits per heavy atom. The number of benzene rings is 2. The van der Waals surface area contributed by atoms with E-state index >= 15 is 0 Å². The van der Waals surface area contributed by atoms with Crippen LogP contribution in [0.1, 0.15) is 24.2 Å². The highest BCUT2D eigenvalue weighted by molar-refractivity contribution is 5.89. The lowest BCUT2D eigenvalue weighted by atomic mass is 10.2. The second-order valence-corrected chi connectivity index (χ2v) is 5.37. The van der Waals surface area contributed by atoms with Crippen LogP contribution in [0.15, 0.2) is 57.9 Å². The third-order valence-corrected chi connectivity index (χ3v) is 3.62. The molecule has 0 saturated heterocycles. The number of hydrogen-bond acceptors (Lipinski definition) is 6. The summed E-state index contributed by atoms with van der Waals surface area (Å²) in [5.41, 5.74) is 0.544. The molecule has 0 N–H and O–H groups in total. The van der Waals surface area contributed by atoms with Crippen LogP contribution in [-0.2, 0) is 4.74 Å². The molecule has 3 rings (SSSR count). The molecule has 0 bridgehead atoms. The zero-order valence-electron chi connectivity index (χ0n) is 14.5. The van der Waals surface area contributed by atoms with Gasteiger partial charge >= 0.3 is 5.97 Å². The van der Waals surface area contributed by atoms with E-state index in [4.69, 9.17) is 18.6 Å². The summed E-state index contributed by atoms with van der Waals surface area (Å²) >= 11 is 0. The van der Waals surface area contributed by atoms with Crippen LogP contribution in [0.25, 0.3) is 11.0 Å². The predicted octanol–water partition coefficient (Wildman–Crippen LogP) is 4.16. The largest absolute Gasteiger partial charge is 0.494 e. The Hall–Kier alpha value is -3.28. The Morgan fingerprint density at radius 1 is 1.00 bits per heavy atom. The van der Waals surface area contributed by atoms with E-state index in [1.54, 1.807) is 49.4 Å². The van der Waals surface area contributed by atoms with Crippen molar-refractivity contribution < 1.29 is 23.4 Å². The molecule has 134 valence electrons. The van der Waals surface area contributed by atoms with Gasteiger partial charge in [0.25, 0.3) is 0 Å². The quantitative estimate of drug-likeness (QED) is 0.619. The van der Waals surface area contributed by atoms with Crippen LogP contribution in [0.5, 0.6) is 17.2 Å². The summed E-state index contributed by atoms with van der Waals surface area (Å²) in [4.78, 5) is 24.2. The van der Waals surface area contributed by atoms with E-state index in [1.165, 1.54) is 6.26 Å². The van der Waals surface area contributed by atoms with Crippen LogP contribution < -0.4 is 14.9 Å². The smallest absolute Gasteiger partial charge is 0.338 e. The fourth-order valence-electron chi connectivity index (χ4n) is 2.42. The topological polar surface area (TPSA) is 75.0 Å². The second-order valence-electron chi connectivity index (χ2n) is 5.37. The summed E-state index contributed by atoms with van der Waals surface area (Å²) in [5, 5.41) is 0.397. The van der Waals surface area contributed by atoms with Crippen molar-refractivity contribution in [2.45, 2.75) is 13.8 Å². The van der Waals surface area contributed by atoms with Gasteiger partial charge in [-0.15, -0.1) is 0 Å². The maximum absolute atomic E-state index is 12.6. The molecule has 1 heterocycles. The number of hydrogen-bond donors (Lipinski definition) is 0. The maximum atomic E-state index is 12.6. The molecular formula is C20H18O6. The molecule has 26 heavy (non-hydrogen) atoms. The predicted molar refractivity (Wildman–Crippen MR) is 96.1 cm³/mol. The molecule has 2 aromatic carbocycles. The van der Waals surface area contributed by atoms with Crippen molar-refractivity contribution in [2.24, 2.45) is 0 Å². The van der Waals surface area contributed by atoms with Gasteiger partial charge in [0.15, 0.2) is 0 Å². The van der Waals surface area contributed by atoms with Crippen LogP contribution in [0.3, 0.4) is 0 Å². The lowest BCUT2D eigenvalue weighted by molar-refractivity contribution is 0.0526. The first-order chi connectivity index (χ1) is 12.6. The number of ether oxygens (including phenoxy) is 3. The molecule has 0 unspecified atom stereocenters. The fraction of sp³-hybridized carbons (Fsp3) is 0.200. The summed E-state index contributed by atoms with van der Waals surface area (Å²) in [5.74, 6) is 0.696. The van der Waals surface area contributed by atoms with E-state index in [1.807, 2.05) is 6.92 Å². The molecule has 0 radical (unpaired) electrons. The minimum atomic E-state index is -0.408. The van der Waals surface area contributed by atoms with Crippen LogP contribution in [0, 0.1) is 0 Å². The van der Waals surface area contributed by atoms with Gasteiger partial charge in [0, 0.05) is 6.07 Å². The van der Waals surface area contributed by atoms with Crippen LogP contribution in [-0.4, -0.2) is 19.2 Å². The first kappa shape index (κ1) is 17.5. The van der Waals surface area contributed by atoms with Gasteiger partial charge in [-0.3, -0.25) is 4.79 Å². The lowest BCUT2D eigenvalue weighted by Gasteiger charge is -2.08. The summed E-state index contributed by atoms with van der Waals surface area (Å²) in [6.45, 7) is 4.45. The number of fused-ring (bicyclic) bond motifs is 1. The standard InChI is InChI=1S/C20H18O6/c1-3-23-15-9-10-16-17(11-15)25-12-18(19(16)21)26-14-7-5-13(6-8-14)20(22)24-4-2/h5-12H,3-4H2,1-2H3. The fourth-order valence-corrected chi connectivity index (χ4v) is 2.42. The molecule has 0 aliphatic heterocycles. The van der Waals surface area contributed by atoms with Crippen LogP contribution >= 0.6 is 0 Å². The Balaban J connectivity index is 1.84. The van der Waals surface area contributed by atoms with E-state index in [0.717, 1.165) is 0 Å². The Morgan fingerprint density at radius 3 is 2.42 bits per heavy atom. The van der Waals surface area contributed by atoms with Crippen molar-refractivity contribution in [1.29, 1.82) is 0 Å². The minimum Gasteiger partial charge on any atom is -0.494 e. The molecule has 6 nitrogen and oxygen atoms in total. The van der Waals surface area contributed by atoms with Crippen molar-refractivity contribution in [3.63, 3.8) is 0 Å². The Kier molecular flexibility index (Phi) is 5.22. The van der Waals surface area contributed by atoms with E-state index in [2.05, 4.69) is 0 Å². The molecule has 0 spiro atoms. The molecule has 1 aromatic heterocycles. The van der Waals surface area contributed by atoms with Gasteiger partial charge in [0.2, 0.25) is 11.2 Å². The van der Waals surface area contributed by atoms with Crippen LogP contribution in [0.2, 0.25) is 0 Å². The number of carbonyl (C=O) groups excluding carboxylic acids is 1. The first-order valence-corrected chi connectivity index (χ1v) is 8.25.